The van der Waals surface area contributed by atoms with Gasteiger partial charge >= 0.3 is 0 Å². The van der Waals surface area contributed by atoms with Crippen LogP contribution in [0.4, 0.5) is 0 Å². The number of Topliss-reactive ketones (excluding diaryl/α,β-unsaturated/α-hetero) is 1. The van der Waals surface area contributed by atoms with Gasteiger partial charge in [0.25, 0.3) is 5.91 Å². The van der Waals surface area contributed by atoms with E-state index in [1.807, 2.05) is 47.2 Å². The Morgan fingerprint density at radius 1 is 1.16 bits per heavy atom. The van der Waals surface area contributed by atoms with Crippen LogP contribution in [0.25, 0.3) is 0 Å². The van der Waals surface area contributed by atoms with E-state index in [9.17, 15) is 9.59 Å². The van der Waals surface area contributed by atoms with E-state index < -0.39 is 5.91 Å². The van der Waals surface area contributed by atoms with Crippen molar-refractivity contribution < 1.29 is 35.9 Å². The van der Waals surface area contributed by atoms with Gasteiger partial charge in [0.1, 0.15) is 11.3 Å². The normalized spacial score (nSPS) is 14.9. The van der Waals surface area contributed by atoms with Gasteiger partial charge in [-0.3, -0.25) is 9.59 Å². The average molecular weight is 495 g/mol. The van der Waals surface area contributed by atoms with Gasteiger partial charge in [-0.05, 0) is 61.1 Å². The number of aryl methyl sites for hydroxylation is 2. The number of ether oxygens (including phenoxy) is 1. The number of aromatic nitrogens is 1. The van der Waals surface area contributed by atoms with Gasteiger partial charge in [0.05, 0.1) is 7.11 Å². The zero-order valence-electron chi connectivity index (χ0n) is 18.3. The Kier molecular flexibility index (Phi) is 7.46. The summed E-state index contributed by atoms with van der Waals surface area (Å²) in [6, 6.07) is 15.7. The number of methoxy groups -OCH3 is 1. The van der Waals surface area contributed by atoms with Crippen LogP contribution in [-0.4, -0.2) is 18.8 Å². The third kappa shape index (κ3) is 4.91. The zero-order valence-corrected chi connectivity index (χ0v) is 19.9. The van der Waals surface area contributed by atoms with E-state index in [1.54, 1.807) is 13.3 Å². The quantitative estimate of drug-likeness (QED) is 0.505. The number of carbonyl (C=O) groups is 2. The maximum absolute atomic E-state index is 13.1. The largest absolute Gasteiger partial charge is 1.00 e. The molecule has 1 atom stereocenters. The number of carbonyl (C=O) groups excluding carboxylic acids is 2. The maximum Gasteiger partial charge on any atom is 0.255 e. The molecule has 2 aromatic carbocycles. The molecular weight excluding hydrogens is 468 g/mol. The number of ketones is 1. The number of rotatable bonds is 6. The fourth-order valence-electron chi connectivity index (χ4n) is 4.33. The highest BCUT2D eigenvalue weighted by molar-refractivity contribution is 6.01. The molecule has 1 aliphatic rings. The number of primary amides is 1. The summed E-state index contributed by atoms with van der Waals surface area (Å²) in [6.45, 7) is 2.73. The molecule has 1 aliphatic carbocycles. The van der Waals surface area contributed by atoms with E-state index >= 15 is 0 Å². The number of hydrogen-bond donors (Lipinski definition) is 1. The third-order valence-electron chi connectivity index (χ3n) is 6.16. The Morgan fingerprint density at radius 2 is 1.94 bits per heavy atom. The third-order valence-corrected chi connectivity index (χ3v) is 6.16. The molecule has 1 unspecified atom stereocenters. The van der Waals surface area contributed by atoms with E-state index in [0.29, 0.717) is 18.5 Å². The van der Waals surface area contributed by atoms with Crippen molar-refractivity contribution in [2.75, 3.05) is 7.11 Å². The number of nitrogens with zero attached hydrogens (tertiary/aromatic N) is 1. The first kappa shape index (κ1) is 23.7. The standard InChI is InChI=1S/C26H26N2O3.BrH/c1-17-5-3-4-6-21(17)15-28-12-11-19(24(16-28)26(27)30)13-20-8-7-18-14-22(31-2)9-10-23(18)25(20)29;/h3-6,9-12,14,16,20H,7-8,13,15H2,1-2H3,(H-,27,30);1H. The van der Waals surface area contributed by atoms with Crippen LogP contribution in [0.15, 0.2) is 60.9 Å². The molecule has 1 heterocycles. The van der Waals surface area contributed by atoms with Gasteiger partial charge < -0.3 is 27.5 Å². The number of amides is 1. The van der Waals surface area contributed by atoms with Gasteiger partial charge in [-0.1, -0.05) is 24.3 Å². The number of nitrogens with two attached hydrogens (primary N) is 1. The number of benzene rings is 2. The molecule has 0 aliphatic heterocycles. The summed E-state index contributed by atoms with van der Waals surface area (Å²) in [5.41, 5.74) is 11.2. The molecule has 6 heteroatoms. The second-order valence-electron chi connectivity index (χ2n) is 8.17. The fraction of sp³-hybridized carbons (Fsp3) is 0.269. The second-order valence-corrected chi connectivity index (χ2v) is 8.17. The van der Waals surface area contributed by atoms with Crippen molar-refractivity contribution in [1.29, 1.82) is 0 Å². The molecule has 5 nitrogen and oxygen atoms in total. The summed E-state index contributed by atoms with van der Waals surface area (Å²) < 4.78 is 7.24. The molecule has 0 bridgehead atoms. The molecule has 1 amide bonds. The van der Waals surface area contributed by atoms with Crippen molar-refractivity contribution in [3.05, 3.63) is 94.3 Å². The zero-order chi connectivity index (χ0) is 22.0. The minimum Gasteiger partial charge on any atom is -1.00 e. The molecule has 3 aromatic rings. The molecule has 0 saturated heterocycles. The van der Waals surface area contributed by atoms with Crippen molar-refractivity contribution in [3.63, 3.8) is 0 Å². The molecule has 32 heavy (non-hydrogen) atoms. The molecular formula is C26H27BrN2O3. The highest BCUT2D eigenvalue weighted by atomic mass is 79.9. The summed E-state index contributed by atoms with van der Waals surface area (Å²) in [5, 5.41) is 0. The van der Waals surface area contributed by atoms with Gasteiger partial charge in [-0.15, -0.1) is 0 Å². The van der Waals surface area contributed by atoms with Gasteiger partial charge in [0.2, 0.25) is 0 Å². The number of fused-ring (bicyclic) bond motifs is 1. The van der Waals surface area contributed by atoms with Crippen molar-refractivity contribution in [1.82, 2.24) is 0 Å². The molecule has 0 radical (unpaired) electrons. The van der Waals surface area contributed by atoms with Gasteiger partial charge in [0, 0.05) is 23.1 Å². The van der Waals surface area contributed by atoms with Crippen molar-refractivity contribution in [2.45, 2.75) is 32.7 Å². The van der Waals surface area contributed by atoms with Crippen LogP contribution >= 0.6 is 0 Å². The van der Waals surface area contributed by atoms with E-state index in [0.717, 1.165) is 35.3 Å². The lowest BCUT2D eigenvalue weighted by molar-refractivity contribution is -0.688. The fourth-order valence-corrected chi connectivity index (χ4v) is 4.33. The van der Waals surface area contributed by atoms with Crippen molar-refractivity contribution in [2.24, 2.45) is 11.7 Å². The van der Waals surface area contributed by atoms with E-state index in [-0.39, 0.29) is 28.7 Å². The Bertz CT molecular complexity index is 1160. The summed E-state index contributed by atoms with van der Waals surface area (Å²) in [7, 11) is 1.63. The van der Waals surface area contributed by atoms with Gasteiger partial charge in [0.15, 0.2) is 24.7 Å². The number of halogens is 1. The number of hydrogen-bond acceptors (Lipinski definition) is 3. The monoisotopic (exact) mass is 494 g/mol. The van der Waals surface area contributed by atoms with E-state index in [2.05, 4.69) is 19.1 Å². The predicted octanol–water partition coefficient (Wildman–Crippen LogP) is 0.430. The number of pyridine rings is 1. The van der Waals surface area contributed by atoms with Gasteiger partial charge in [-0.2, -0.15) is 4.57 Å². The Balaban J connectivity index is 0.00000289. The van der Waals surface area contributed by atoms with Crippen LogP contribution in [0.5, 0.6) is 5.75 Å². The lowest BCUT2D eigenvalue weighted by Gasteiger charge is -2.24. The van der Waals surface area contributed by atoms with Crippen LogP contribution in [0, 0.1) is 12.8 Å². The maximum atomic E-state index is 13.1. The second kappa shape index (κ2) is 10.1. The minimum atomic E-state index is -0.470. The molecule has 166 valence electrons. The molecule has 2 N–H and O–H groups in total. The summed E-state index contributed by atoms with van der Waals surface area (Å²) in [4.78, 5) is 25.3. The minimum absolute atomic E-state index is 0. The van der Waals surface area contributed by atoms with Crippen LogP contribution in [0.3, 0.4) is 0 Å². The summed E-state index contributed by atoms with van der Waals surface area (Å²) >= 11 is 0. The Hall–Kier alpha value is -2.99. The van der Waals surface area contributed by atoms with E-state index in [1.165, 1.54) is 11.1 Å². The van der Waals surface area contributed by atoms with Crippen LogP contribution < -0.4 is 32.0 Å². The first-order valence-corrected chi connectivity index (χ1v) is 10.5. The SMILES string of the molecule is COc1ccc2c(c1)CCC(Cc1cc[n+](Cc3ccccc3C)cc1C(N)=O)C2=O.[Br-]. The highest BCUT2D eigenvalue weighted by Crippen LogP contribution is 2.31. The van der Waals surface area contributed by atoms with Crippen molar-refractivity contribution >= 4 is 11.7 Å². The van der Waals surface area contributed by atoms with Crippen LogP contribution in [0.1, 0.15) is 49.4 Å². The average Bonchev–Trinajstić information content (AvgIpc) is 2.77. The lowest BCUT2D eigenvalue weighted by atomic mass is 9.79. The van der Waals surface area contributed by atoms with Crippen molar-refractivity contribution in [3.8, 4) is 5.75 Å². The van der Waals surface area contributed by atoms with E-state index in [4.69, 9.17) is 10.5 Å². The molecule has 0 fully saturated rings. The molecule has 4 rings (SSSR count). The topological polar surface area (TPSA) is 73.3 Å². The molecule has 1 aromatic heterocycles. The lowest BCUT2D eigenvalue weighted by Crippen LogP contribution is -3.00. The smallest absolute Gasteiger partial charge is 0.255 e. The highest BCUT2D eigenvalue weighted by Gasteiger charge is 2.29. The Morgan fingerprint density at radius 3 is 2.66 bits per heavy atom. The van der Waals surface area contributed by atoms with Gasteiger partial charge in [-0.25, -0.2) is 0 Å². The van der Waals surface area contributed by atoms with Crippen LogP contribution in [0.2, 0.25) is 0 Å². The summed E-state index contributed by atoms with van der Waals surface area (Å²) in [5.74, 6) is 0.256. The predicted molar refractivity (Wildman–Crippen MR) is 118 cm³/mol. The first-order chi connectivity index (χ1) is 15.0. The summed E-state index contributed by atoms with van der Waals surface area (Å²) in [6.07, 6.45) is 5.83. The van der Waals surface area contributed by atoms with Crippen LogP contribution in [-0.2, 0) is 19.4 Å². The Labute approximate surface area is 199 Å². The molecule has 0 spiro atoms. The first-order valence-electron chi connectivity index (χ1n) is 10.5. The molecule has 0 saturated carbocycles.